The van der Waals surface area contributed by atoms with E-state index < -0.39 is 0 Å². The lowest BCUT2D eigenvalue weighted by atomic mass is 10.1. The molecule has 1 aliphatic rings. The number of thiazole rings is 1. The molecule has 1 unspecified atom stereocenters. The van der Waals surface area contributed by atoms with Gasteiger partial charge in [0, 0.05) is 29.7 Å². The van der Waals surface area contributed by atoms with E-state index in [9.17, 15) is 9.59 Å². The van der Waals surface area contributed by atoms with Crippen molar-refractivity contribution in [3.05, 3.63) is 40.9 Å². The van der Waals surface area contributed by atoms with Crippen molar-refractivity contribution in [2.24, 2.45) is 5.92 Å². The second-order valence-electron chi connectivity index (χ2n) is 5.65. The zero-order chi connectivity index (χ0) is 16.4. The van der Waals surface area contributed by atoms with Crippen LogP contribution in [0.1, 0.15) is 23.8 Å². The molecule has 1 atom stereocenters. The van der Waals surface area contributed by atoms with Crippen LogP contribution in [0.15, 0.2) is 30.5 Å². The van der Waals surface area contributed by atoms with E-state index in [1.165, 1.54) is 11.3 Å². The molecule has 3 rings (SSSR count). The third kappa shape index (κ3) is 3.27. The smallest absolute Gasteiger partial charge is 0.231 e. The maximum Gasteiger partial charge on any atom is 0.231 e. The molecule has 0 aliphatic carbocycles. The zero-order valence-electron chi connectivity index (χ0n) is 13.2. The molecule has 2 amide bonds. The van der Waals surface area contributed by atoms with Crippen molar-refractivity contribution in [2.45, 2.75) is 26.7 Å². The Kier molecular flexibility index (Phi) is 4.43. The lowest BCUT2D eigenvalue weighted by Crippen LogP contribution is -2.28. The first-order chi connectivity index (χ1) is 11.1. The lowest BCUT2D eigenvalue weighted by Gasteiger charge is -2.19. The Morgan fingerprint density at radius 2 is 2.22 bits per heavy atom. The number of anilines is 2. The van der Waals surface area contributed by atoms with Gasteiger partial charge in [0.2, 0.25) is 11.8 Å². The number of carbonyl (C=O) groups excluding carboxylic acids is 2. The molecule has 1 aromatic carbocycles. The minimum atomic E-state index is -0.336. The van der Waals surface area contributed by atoms with Crippen LogP contribution in [0.4, 0.5) is 10.8 Å². The molecule has 0 radical (unpaired) electrons. The van der Waals surface area contributed by atoms with Crippen LogP contribution in [0, 0.1) is 12.8 Å². The summed E-state index contributed by atoms with van der Waals surface area (Å²) in [5.41, 5.74) is 2.04. The van der Waals surface area contributed by atoms with Crippen molar-refractivity contribution in [3.63, 3.8) is 0 Å². The number of aryl methyl sites for hydroxylation is 2. The van der Waals surface area contributed by atoms with E-state index in [2.05, 4.69) is 17.2 Å². The molecule has 2 heterocycles. The van der Waals surface area contributed by atoms with Crippen LogP contribution < -0.4 is 10.2 Å². The number of hydrogen-bond acceptors (Lipinski definition) is 4. The van der Waals surface area contributed by atoms with Crippen LogP contribution in [0.5, 0.6) is 0 Å². The predicted octanol–water partition coefficient (Wildman–Crippen LogP) is 3.01. The van der Waals surface area contributed by atoms with Crippen LogP contribution in [0.3, 0.4) is 0 Å². The third-order valence-electron chi connectivity index (χ3n) is 4.01. The van der Waals surface area contributed by atoms with E-state index in [1.54, 1.807) is 11.1 Å². The fourth-order valence-electron chi connectivity index (χ4n) is 2.81. The average Bonchev–Trinajstić information content (AvgIpc) is 3.13. The molecule has 0 saturated carbocycles. The summed E-state index contributed by atoms with van der Waals surface area (Å²) in [7, 11) is 0. The van der Waals surface area contributed by atoms with Gasteiger partial charge in [0.05, 0.1) is 5.92 Å². The molecule has 23 heavy (non-hydrogen) atoms. The molecule has 5 nitrogen and oxygen atoms in total. The molecule has 0 bridgehead atoms. The van der Waals surface area contributed by atoms with E-state index in [4.69, 9.17) is 0 Å². The third-order valence-corrected chi connectivity index (χ3v) is 4.84. The van der Waals surface area contributed by atoms with Crippen LogP contribution in [-0.4, -0.2) is 23.3 Å². The highest BCUT2D eigenvalue weighted by Gasteiger charge is 2.36. The number of para-hydroxylation sites is 1. The van der Waals surface area contributed by atoms with Gasteiger partial charge in [0.1, 0.15) is 0 Å². The summed E-state index contributed by atoms with van der Waals surface area (Å²) in [6.45, 7) is 4.43. The van der Waals surface area contributed by atoms with Gasteiger partial charge in [-0.25, -0.2) is 4.98 Å². The molecular weight excluding hydrogens is 310 g/mol. The molecule has 2 aromatic rings. The van der Waals surface area contributed by atoms with Crippen molar-refractivity contribution in [1.82, 2.24) is 4.98 Å². The summed E-state index contributed by atoms with van der Waals surface area (Å²) in [6, 6.07) is 7.86. The molecule has 0 spiro atoms. The number of carbonyl (C=O) groups is 2. The molecule has 1 N–H and O–H groups in total. The van der Waals surface area contributed by atoms with Gasteiger partial charge in [-0.2, -0.15) is 0 Å². The summed E-state index contributed by atoms with van der Waals surface area (Å²) in [4.78, 5) is 31.6. The maximum absolute atomic E-state index is 12.4. The van der Waals surface area contributed by atoms with Crippen molar-refractivity contribution in [2.75, 3.05) is 16.8 Å². The minimum Gasteiger partial charge on any atom is -0.311 e. The number of benzene rings is 1. The molecule has 1 saturated heterocycles. The summed E-state index contributed by atoms with van der Waals surface area (Å²) in [6.07, 6.45) is 2.83. The first-order valence-corrected chi connectivity index (χ1v) is 8.51. The molecule has 6 heteroatoms. The monoisotopic (exact) mass is 329 g/mol. The van der Waals surface area contributed by atoms with E-state index in [-0.39, 0.29) is 24.2 Å². The van der Waals surface area contributed by atoms with Gasteiger partial charge in [-0.1, -0.05) is 25.1 Å². The lowest BCUT2D eigenvalue weighted by molar-refractivity contribution is -0.122. The van der Waals surface area contributed by atoms with E-state index in [1.807, 2.05) is 31.2 Å². The summed E-state index contributed by atoms with van der Waals surface area (Å²) in [5, 5.41) is 3.41. The Balaban J connectivity index is 1.73. The maximum atomic E-state index is 12.4. The first-order valence-electron chi connectivity index (χ1n) is 7.70. The SMILES string of the molecule is CCc1ccccc1N1CC(C(=O)Nc2ncc(C)s2)CC1=O. The van der Waals surface area contributed by atoms with Crippen molar-refractivity contribution in [3.8, 4) is 0 Å². The van der Waals surface area contributed by atoms with Gasteiger partial charge >= 0.3 is 0 Å². The van der Waals surface area contributed by atoms with Gasteiger partial charge in [-0.05, 0) is 25.0 Å². The summed E-state index contributed by atoms with van der Waals surface area (Å²) in [5.74, 6) is -0.470. The standard InChI is InChI=1S/C17H19N3O2S/c1-3-12-6-4-5-7-14(12)20-10-13(8-15(20)21)16(22)19-17-18-9-11(2)23-17/h4-7,9,13H,3,8,10H2,1-2H3,(H,18,19,22). The predicted molar refractivity (Wildman–Crippen MR) is 91.8 cm³/mol. The van der Waals surface area contributed by atoms with Gasteiger partial charge < -0.3 is 10.2 Å². The molecule has 1 aliphatic heterocycles. The first kappa shape index (κ1) is 15.7. The van der Waals surface area contributed by atoms with Crippen LogP contribution in [0.25, 0.3) is 0 Å². The molecule has 1 fully saturated rings. The van der Waals surface area contributed by atoms with E-state index in [0.717, 1.165) is 22.5 Å². The highest BCUT2D eigenvalue weighted by atomic mass is 32.1. The Hall–Kier alpha value is -2.21. The van der Waals surface area contributed by atoms with Crippen molar-refractivity contribution >= 4 is 34.0 Å². The van der Waals surface area contributed by atoms with Crippen LogP contribution in [-0.2, 0) is 16.0 Å². The summed E-state index contributed by atoms with van der Waals surface area (Å²) >= 11 is 1.44. The highest BCUT2D eigenvalue weighted by Crippen LogP contribution is 2.29. The largest absolute Gasteiger partial charge is 0.311 e. The number of amides is 2. The van der Waals surface area contributed by atoms with Gasteiger partial charge in [0.15, 0.2) is 5.13 Å². The van der Waals surface area contributed by atoms with Crippen LogP contribution in [0.2, 0.25) is 0 Å². The van der Waals surface area contributed by atoms with Crippen molar-refractivity contribution in [1.29, 1.82) is 0 Å². The molecule has 120 valence electrons. The number of hydrogen-bond donors (Lipinski definition) is 1. The van der Waals surface area contributed by atoms with Gasteiger partial charge in [0.25, 0.3) is 0 Å². The second kappa shape index (κ2) is 6.50. The Bertz CT molecular complexity index is 741. The average molecular weight is 329 g/mol. The fraction of sp³-hybridized carbons (Fsp3) is 0.353. The molecule has 1 aromatic heterocycles. The second-order valence-corrected chi connectivity index (χ2v) is 6.89. The minimum absolute atomic E-state index is 0.00127. The summed E-state index contributed by atoms with van der Waals surface area (Å²) < 4.78 is 0. The Morgan fingerprint density at radius 1 is 1.43 bits per heavy atom. The number of nitrogens with one attached hydrogen (secondary N) is 1. The molecular formula is C17H19N3O2S. The highest BCUT2D eigenvalue weighted by molar-refractivity contribution is 7.15. The quantitative estimate of drug-likeness (QED) is 0.938. The van der Waals surface area contributed by atoms with Gasteiger partial charge in [-0.15, -0.1) is 11.3 Å². The fourth-order valence-corrected chi connectivity index (χ4v) is 3.48. The number of aromatic nitrogens is 1. The van der Waals surface area contributed by atoms with Crippen molar-refractivity contribution < 1.29 is 9.59 Å². The zero-order valence-corrected chi connectivity index (χ0v) is 14.0. The Morgan fingerprint density at radius 3 is 2.91 bits per heavy atom. The van der Waals surface area contributed by atoms with E-state index >= 15 is 0 Å². The van der Waals surface area contributed by atoms with Crippen LogP contribution >= 0.6 is 11.3 Å². The Labute approximate surface area is 139 Å². The van der Waals surface area contributed by atoms with Gasteiger partial charge in [-0.3, -0.25) is 9.59 Å². The number of rotatable bonds is 4. The topological polar surface area (TPSA) is 62.3 Å². The normalized spacial score (nSPS) is 17.6. The number of nitrogens with zero attached hydrogens (tertiary/aromatic N) is 2. The van der Waals surface area contributed by atoms with E-state index in [0.29, 0.717) is 11.7 Å².